The van der Waals surface area contributed by atoms with Crippen LogP contribution in [0.25, 0.3) is 0 Å². The first-order valence-electron chi connectivity index (χ1n) is 15.0. The summed E-state index contributed by atoms with van der Waals surface area (Å²) < 4.78 is 23.3. The molecule has 3 aromatic rings. The fourth-order valence-corrected chi connectivity index (χ4v) is 6.00. The van der Waals surface area contributed by atoms with Crippen LogP contribution >= 0.6 is 0 Å². The van der Waals surface area contributed by atoms with Crippen molar-refractivity contribution in [3.05, 3.63) is 95.1 Å². The highest BCUT2D eigenvalue weighted by molar-refractivity contribution is 6.02. The normalized spacial score (nSPS) is 21.4. The molecule has 0 bridgehead atoms. The van der Waals surface area contributed by atoms with Crippen molar-refractivity contribution >= 4 is 17.7 Å². The molecule has 3 aliphatic rings. The zero-order valence-corrected chi connectivity index (χ0v) is 24.8. The highest BCUT2D eigenvalue weighted by Gasteiger charge is 2.56. The molecular weight excluding hydrogens is 562 g/mol. The van der Waals surface area contributed by atoms with Crippen LogP contribution in [0.2, 0.25) is 0 Å². The number of morpholine rings is 1. The van der Waals surface area contributed by atoms with Gasteiger partial charge >= 0.3 is 0 Å². The summed E-state index contributed by atoms with van der Waals surface area (Å²) in [6.07, 6.45) is 0.0711. The van der Waals surface area contributed by atoms with Gasteiger partial charge in [-0.15, -0.1) is 0 Å². The van der Waals surface area contributed by atoms with Crippen LogP contribution in [0.5, 0.6) is 11.5 Å². The van der Waals surface area contributed by atoms with E-state index >= 15 is 0 Å². The van der Waals surface area contributed by atoms with Crippen molar-refractivity contribution in [3.8, 4) is 11.5 Å². The van der Waals surface area contributed by atoms with E-state index in [1.165, 1.54) is 0 Å². The Morgan fingerprint density at radius 2 is 1.80 bits per heavy atom. The predicted octanol–water partition coefficient (Wildman–Crippen LogP) is 3.16. The van der Waals surface area contributed by atoms with E-state index in [0.717, 1.165) is 16.7 Å². The number of rotatable bonds is 9. The second-order valence-corrected chi connectivity index (χ2v) is 11.2. The SMILES string of the molecule is COc1cccc([C@H]2OC(c3ccc(OCCCO)cc3)=N[C@]23Cc2ccccc2CN(CC(=O)N2CCOCC2)C3=O)c1. The molecule has 1 spiro atoms. The molecule has 0 radical (unpaired) electrons. The first kappa shape index (κ1) is 29.7. The van der Waals surface area contributed by atoms with E-state index in [4.69, 9.17) is 29.0 Å². The standard InChI is InChI=1S/C34H37N3O7/c1-41-29-9-4-8-25(20-29)31-34(35-32(44-31)24-10-12-28(13-11-24)43-17-5-16-38)21-26-6-2-3-7-27(26)22-37(33(34)40)23-30(39)36-14-18-42-19-15-36/h2-4,6-13,20,31,38H,5,14-19,21-23H2,1H3/t31-,34-/m1/s1. The molecule has 1 fully saturated rings. The van der Waals surface area contributed by atoms with Crippen molar-refractivity contribution in [2.75, 3.05) is 53.2 Å². The average molecular weight is 600 g/mol. The molecule has 0 saturated carbocycles. The average Bonchev–Trinajstić information content (AvgIpc) is 3.41. The van der Waals surface area contributed by atoms with Gasteiger partial charge in [-0.2, -0.15) is 0 Å². The van der Waals surface area contributed by atoms with Gasteiger partial charge in [0.15, 0.2) is 11.6 Å². The number of aliphatic hydroxyl groups is 1. The van der Waals surface area contributed by atoms with E-state index in [1.54, 1.807) is 16.9 Å². The maximum atomic E-state index is 14.8. The Balaban J connectivity index is 1.41. The summed E-state index contributed by atoms with van der Waals surface area (Å²) in [5.74, 6) is 1.26. The van der Waals surface area contributed by atoms with Gasteiger partial charge in [0.1, 0.15) is 18.0 Å². The lowest BCUT2D eigenvalue weighted by Crippen LogP contribution is -2.53. The molecule has 3 aromatic carbocycles. The summed E-state index contributed by atoms with van der Waals surface area (Å²) >= 11 is 0. The summed E-state index contributed by atoms with van der Waals surface area (Å²) in [5, 5.41) is 9.06. The molecule has 230 valence electrons. The molecule has 0 aliphatic carbocycles. The van der Waals surface area contributed by atoms with E-state index in [1.807, 2.05) is 72.8 Å². The Morgan fingerprint density at radius 1 is 1.02 bits per heavy atom. The minimum absolute atomic E-state index is 0.0582. The zero-order valence-electron chi connectivity index (χ0n) is 24.8. The van der Waals surface area contributed by atoms with E-state index < -0.39 is 11.6 Å². The largest absolute Gasteiger partial charge is 0.497 e. The number of aliphatic hydroxyl groups excluding tert-OH is 1. The topological polar surface area (TPSA) is 110 Å². The quantitative estimate of drug-likeness (QED) is 0.377. The van der Waals surface area contributed by atoms with Crippen molar-refractivity contribution in [3.63, 3.8) is 0 Å². The van der Waals surface area contributed by atoms with Crippen LogP contribution < -0.4 is 9.47 Å². The van der Waals surface area contributed by atoms with Gasteiger partial charge in [0.05, 0.1) is 26.9 Å². The number of hydrogen-bond acceptors (Lipinski definition) is 8. The van der Waals surface area contributed by atoms with Crippen LogP contribution in [0.15, 0.2) is 77.8 Å². The molecule has 3 heterocycles. The molecule has 10 heteroatoms. The number of hydrogen-bond donors (Lipinski definition) is 1. The Morgan fingerprint density at radius 3 is 2.55 bits per heavy atom. The summed E-state index contributed by atoms with van der Waals surface area (Å²) in [4.78, 5) is 36.8. The van der Waals surface area contributed by atoms with Crippen molar-refractivity contribution in [1.82, 2.24) is 9.80 Å². The third-order valence-corrected chi connectivity index (χ3v) is 8.32. The molecule has 2 amide bonds. The smallest absolute Gasteiger partial charge is 0.256 e. The van der Waals surface area contributed by atoms with Gasteiger partial charge in [-0.1, -0.05) is 36.4 Å². The van der Waals surface area contributed by atoms with Crippen LogP contribution in [-0.4, -0.2) is 91.3 Å². The van der Waals surface area contributed by atoms with E-state index in [-0.39, 0.29) is 25.0 Å². The fourth-order valence-electron chi connectivity index (χ4n) is 6.00. The molecule has 3 aliphatic heterocycles. The minimum Gasteiger partial charge on any atom is -0.497 e. The highest BCUT2D eigenvalue weighted by atomic mass is 16.5. The molecular formula is C34H37N3O7. The van der Waals surface area contributed by atoms with E-state index in [9.17, 15) is 9.59 Å². The lowest BCUT2D eigenvalue weighted by atomic mass is 9.81. The number of methoxy groups -OCH3 is 1. The van der Waals surface area contributed by atoms with Gasteiger partial charge in [0.2, 0.25) is 11.8 Å². The molecule has 2 atom stereocenters. The number of fused-ring (bicyclic) bond motifs is 1. The summed E-state index contributed by atoms with van der Waals surface area (Å²) in [5.41, 5.74) is 2.04. The first-order chi connectivity index (χ1) is 21.5. The second-order valence-electron chi connectivity index (χ2n) is 11.2. The third-order valence-electron chi connectivity index (χ3n) is 8.32. The maximum absolute atomic E-state index is 14.8. The number of amides is 2. The van der Waals surface area contributed by atoms with Crippen molar-refractivity contribution in [1.29, 1.82) is 0 Å². The Bertz CT molecular complexity index is 1520. The van der Waals surface area contributed by atoms with Gasteiger partial charge in [0, 0.05) is 44.6 Å². The van der Waals surface area contributed by atoms with Crippen molar-refractivity contribution in [2.45, 2.75) is 31.0 Å². The van der Waals surface area contributed by atoms with Crippen LogP contribution in [-0.2, 0) is 32.0 Å². The van der Waals surface area contributed by atoms with Crippen LogP contribution in [0.4, 0.5) is 0 Å². The van der Waals surface area contributed by atoms with Gasteiger partial charge in [-0.3, -0.25) is 9.59 Å². The number of ether oxygens (including phenoxy) is 4. The molecule has 44 heavy (non-hydrogen) atoms. The third kappa shape index (κ3) is 6.00. The van der Waals surface area contributed by atoms with Gasteiger partial charge in [-0.25, -0.2) is 4.99 Å². The second kappa shape index (κ2) is 13.1. The molecule has 0 unspecified atom stereocenters. The van der Waals surface area contributed by atoms with Gasteiger partial charge < -0.3 is 33.9 Å². The van der Waals surface area contributed by atoms with Crippen LogP contribution in [0.1, 0.15) is 34.8 Å². The number of aliphatic imine (C=N–C) groups is 1. The minimum atomic E-state index is -1.37. The lowest BCUT2D eigenvalue weighted by molar-refractivity contribution is -0.147. The Labute approximate surface area is 256 Å². The predicted molar refractivity (Wildman–Crippen MR) is 163 cm³/mol. The van der Waals surface area contributed by atoms with Crippen LogP contribution in [0, 0.1) is 0 Å². The van der Waals surface area contributed by atoms with E-state index in [2.05, 4.69) is 0 Å². The molecule has 1 N–H and O–H groups in total. The Hall–Kier alpha value is -4.41. The number of carbonyl (C=O) groups excluding carboxylic acids is 2. The number of carbonyl (C=O) groups is 2. The molecule has 6 rings (SSSR count). The summed E-state index contributed by atoms with van der Waals surface area (Å²) in [6, 6.07) is 22.8. The van der Waals surface area contributed by atoms with Gasteiger partial charge in [0.25, 0.3) is 5.91 Å². The Kier molecular flexibility index (Phi) is 8.81. The summed E-state index contributed by atoms with van der Waals surface area (Å²) in [6.45, 7) is 2.66. The van der Waals surface area contributed by atoms with Gasteiger partial charge in [-0.05, 0) is 53.1 Å². The fraction of sp³-hybridized carbons (Fsp3) is 0.382. The van der Waals surface area contributed by atoms with Crippen LogP contribution in [0.3, 0.4) is 0 Å². The maximum Gasteiger partial charge on any atom is 0.256 e. The van der Waals surface area contributed by atoms with E-state index in [0.29, 0.717) is 75.3 Å². The van der Waals surface area contributed by atoms with Crippen molar-refractivity contribution < 1.29 is 33.6 Å². The number of nitrogens with zero attached hydrogens (tertiary/aromatic N) is 3. The molecule has 1 saturated heterocycles. The lowest BCUT2D eigenvalue weighted by Gasteiger charge is -2.34. The number of benzene rings is 3. The monoisotopic (exact) mass is 599 g/mol. The highest BCUT2D eigenvalue weighted by Crippen LogP contribution is 2.46. The first-order valence-corrected chi connectivity index (χ1v) is 15.0. The molecule has 10 nitrogen and oxygen atoms in total. The summed E-state index contributed by atoms with van der Waals surface area (Å²) in [7, 11) is 1.60. The molecule has 0 aromatic heterocycles. The zero-order chi connectivity index (χ0) is 30.5. The van der Waals surface area contributed by atoms with Crippen molar-refractivity contribution in [2.24, 2.45) is 4.99 Å².